The summed E-state index contributed by atoms with van der Waals surface area (Å²) in [6.45, 7) is 16.3. The average molecular weight is 1200 g/mol. The fourth-order valence-electron chi connectivity index (χ4n) is 9.48. The highest BCUT2D eigenvalue weighted by Crippen LogP contribution is 2.40. The summed E-state index contributed by atoms with van der Waals surface area (Å²) in [4.78, 5) is 43.0. The van der Waals surface area contributed by atoms with Crippen molar-refractivity contribution < 1.29 is 28.4 Å². The Kier molecular flexibility index (Phi) is 21.2. The van der Waals surface area contributed by atoms with Crippen LogP contribution in [0, 0.1) is 0 Å². The van der Waals surface area contributed by atoms with Gasteiger partial charge in [0.05, 0.1) is 39.6 Å². The van der Waals surface area contributed by atoms with Crippen molar-refractivity contribution in [3.05, 3.63) is 36.4 Å². The Balaban J connectivity index is 1.24. The van der Waals surface area contributed by atoms with Crippen LogP contribution in [-0.2, 0) is 0 Å². The van der Waals surface area contributed by atoms with Gasteiger partial charge in [-0.25, -0.2) is 0 Å². The van der Waals surface area contributed by atoms with Crippen LogP contribution in [0.25, 0.3) is 96.0 Å². The summed E-state index contributed by atoms with van der Waals surface area (Å²) in [5.74, 6) is 3.71. The average Bonchev–Trinajstić information content (AvgIpc) is 3.31. The Morgan fingerprint density at radius 1 is 0.262 bits per heavy atom. The molecule has 7 aromatic heterocycles. The van der Waals surface area contributed by atoms with E-state index in [2.05, 4.69) is 87.1 Å². The third-order valence-corrected chi connectivity index (χ3v) is 16.1. The maximum atomic E-state index is 6.48. The second kappa shape index (κ2) is 29.9. The van der Waals surface area contributed by atoms with E-state index in [1.807, 2.05) is 36.4 Å². The largest absolute Gasteiger partial charge is 0.490 e. The normalized spacial score (nSPS) is 11.6. The highest BCUT2D eigenvalue weighted by atomic mass is 32.1. The molecule has 0 aliphatic carbocycles. The van der Waals surface area contributed by atoms with Gasteiger partial charge in [-0.3, -0.25) is 0 Å². The molecule has 84 heavy (non-hydrogen) atoms. The summed E-state index contributed by atoms with van der Waals surface area (Å²) in [5, 5.41) is 31.6. The van der Waals surface area contributed by atoms with E-state index in [0.29, 0.717) is 138 Å². The highest BCUT2D eigenvalue weighted by Gasteiger charge is 2.19. The van der Waals surface area contributed by atoms with E-state index in [-0.39, 0.29) is 0 Å². The van der Waals surface area contributed by atoms with E-state index < -0.39 is 0 Å². The van der Waals surface area contributed by atoms with E-state index in [1.165, 1.54) is 34.0 Å². The van der Waals surface area contributed by atoms with Crippen LogP contribution in [-0.4, -0.2) is 115 Å². The second-order valence-corrected chi connectivity index (χ2v) is 23.4. The lowest BCUT2D eigenvalue weighted by atomic mass is 10.2. The first-order valence-corrected chi connectivity index (χ1v) is 32.5. The number of hydrogen-bond donors (Lipinski definition) is 3. The molecule has 0 spiro atoms. The number of aromatic amines is 3. The molecule has 12 bridgehead atoms. The summed E-state index contributed by atoms with van der Waals surface area (Å²) in [5.41, 5.74) is 2.92. The molecule has 10 rings (SSSR count). The molecule has 0 saturated heterocycles. The Labute approximate surface area is 498 Å². The van der Waals surface area contributed by atoms with Crippen molar-refractivity contribution in [1.82, 2.24) is 75.4 Å². The summed E-state index contributed by atoms with van der Waals surface area (Å²) in [6, 6.07) is 11.8. The number of fused-ring (bicyclic) bond motifs is 21. The van der Waals surface area contributed by atoms with Gasteiger partial charge >= 0.3 is 0 Å². The number of nitrogens with one attached hydrogen (secondary N) is 3. The van der Waals surface area contributed by atoms with E-state index in [1.54, 1.807) is 0 Å². The van der Waals surface area contributed by atoms with Crippen molar-refractivity contribution >= 4 is 130 Å². The van der Waals surface area contributed by atoms with Gasteiger partial charge in [0, 0.05) is 32.3 Å². The Morgan fingerprint density at radius 3 is 0.583 bits per heavy atom. The van der Waals surface area contributed by atoms with Crippen LogP contribution < -0.4 is 28.4 Å². The van der Waals surface area contributed by atoms with E-state index in [4.69, 9.17) is 58.3 Å². The molecule has 0 saturated carbocycles. The van der Waals surface area contributed by atoms with Crippen molar-refractivity contribution in [2.75, 3.05) is 39.6 Å². The molecule has 3 aromatic carbocycles. The molecule has 24 heteroatoms. The fourth-order valence-corrected chi connectivity index (χ4v) is 11.3. The molecule has 0 radical (unpaired) electrons. The van der Waals surface area contributed by atoms with Crippen molar-refractivity contribution in [2.24, 2.45) is 0 Å². The molecule has 0 unspecified atom stereocenters. The fraction of sp³-hybridized carbons (Fsp3) is 0.500. The van der Waals surface area contributed by atoms with Crippen LogP contribution in [0.15, 0.2) is 36.4 Å². The minimum Gasteiger partial charge on any atom is -0.490 e. The van der Waals surface area contributed by atoms with Crippen molar-refractivity contribution in [3.8, 4) is 34.5 Å². The van der Waals surface area contributed by atoms with Crippen LogP contribution >= 0.6 is 34.0 Å². The number of H-pyrrole nitrogens is 3. The second-order valence-electron chi connectivity index (χ2n) is 20.6. The number of unbranched alkanes of at least 4 members (excludes halogenated alkanes) is 12. The van der Waals surface area contributed by atoms with Crippen molar-refractivity contribution in [1.29, 1.82) is 0 Å². The minimum absolute atomic E-state index is 0.357. The topological polar surface area (TPSA) is 257 Å². The predicted molar refractivity (Wildman–Crippen MR) is 337 cm³/mol. The standard InChI is InChI=1S/C60H75N15O6S3/c1-7-13-19-25-76-43-31-37-38(32-44(43)77-26-20-14-8-2)50-61-49(37)64-55-70-72-57(82-55)66-51-39-33-45(78-27-21-15-9-3)46(79-28-22-16-10-4)34-40(39)53(62-51)68-59-74-75-60(84-59)69-54-42-36-48(81-30-24-18-12-6)47(80-29-23-17-11-5)35-41(42)52(63-54)67-58-73-71-56(65-50)83-58/h31-36H,7-30H2,1-6H3,(H,61,64,65,70,71)(H,62,66,68,72,74)(H,63,67,69,73,75). The Morgan fingerprint density at radius 2 is 0.429 bits per heavy atom. The maximum absolute atomic E-state index is 6.48. The van der Waals surface area contributed by atoms with E-state index in [0.717, 1.165) is 148 Å². The van der Waals surface area contributed by atoms with Gasteiger partial charge in [-0.2, -0.15) is 29.9 Å². The molecule has 444 valence electrons. The highest BCUT2D eigenvalue weighted by molar-refractivity contribution is 7.22. The van der Waals surface area contributed by atoms with Gasteiger partial charge in [0.25, 0.3) is 0 Å². The third kappa shape index (κ3) is 15.1. The van der Waals surface area contributed by atoms with Gasteiger partial charge in [-0.05, 0) is 74.9 Å². The monoisotopic (exact) mass is 1200 g/mol. The number of aromatic nitrogens is 15. The van der Waals surface area contributed by atoms with Crippen LogP contribution in [0.2, 0.25) is 0 Å². The lowest BCUT2D eigenvalue weighted by Gasteiger charge is -2.13. The summed E-state index contributed by atoms with van der Waals surface area (Å²) < 4.78 is 38.9. The molecular formula is C60H75N15O6S3. The SMILES string of the molecule is CCCCCOc1cc2c3nc4nnc(nc5[nH]c(nc6nnc(nc7[nH]c(nc8nnc(nc([nH]3)c2cc1OCCCCC)s8)c1cc(OCCCCC)c(OCCCCC)cc71)s6)c1cc(OCCCCC)c(OCCCCC)cc51)s4. The molecule has 0 amide bonds. The molecule has 7 heterocycles. The summed E-state index contributed by atoms with van der Waals surface area (Å²) in [6.07, 6.45) is 18.1. The van der Waals surface area contributed by atoms with Crippen LogP contribution in [0.5, 0.6) is 34.5 Å². The zero-order valence-corrected chi connectivity index (χ0v) is 51.4. The van der Waals surface area contributed by atoms with E-state index in [9.17, 15) is 0 Å². The lowest BCUT2D eigenvalue weighted by molar-refractivity contribution is 0.260. The Hall–Kier alpha value is -7.44. The number of hydrogen-bond acceptors (Lipinski definition) is 21. The maximum Gasteiger partial charge on any atom is 0.235 e. The number of rotatable bonds is 30. The van der Waals surface area contributed by atoms with Gasteiger partial charge < -0.3 is 43.4 Å². The number of benzene rings is 3. The molecule has 0 aliphatic rings. The zero-order valence-electron chi connectivity index (χ0n) is 49.0. The molecule has 10 aromatic rings. The van der Waals surface area contributed by atoms with Crippen molar-refractivity contribution in [3.63, 3.8) is 0 Å². The first kappa shape index (κ1) is 59.7. The molecule has 3 N–H and O–H groups in total. The van der Waals surface area contributed by atoms with Gasteiger partial charge in [0.2, 0.25) is 29.8 Å². The predicted octanol–water partition coefficient (Wildman–Crippen LogP) is 15.8. The number of nitrogens with zero attached hydrogens (tertiary/aromatic N) is 12. The third-order valence-electron chi connectivity index (χ3n) is 14.0. The molecule has 0 fully saturated rings. The quantitative estimate of drug-likeness (QED) is 0.0354. The first-order chi connectivity index (χ1) is 41.3. The smallest absolute Gasteiger partial charge is 0.235 e. The van der Waals surface area contributed by atoms with E-state index >= 15 is 0 Å². The minimum atomic E-state index is 0.357. The Bertz CT molecular complexity index is 3390. The summed E-state index contributed by atoms with van der Waals surface area (Å²) >= 11 is 3.68. The molecule has 0 atom stereocenters. The molecular weight excluding hydrogens is 1120 g/mol. The van der Waals surface area contributed by atoms with Crippen LogP contribution in [0.4, 0.5) is 0 Å². The lowest BCUT2D eigenvalue weighted by Crippen LogP contribution is -2.02. The van der Waals surface area contributed by atoms with Crippen LogP contribution in [0.3, 0.4) is 0 Å². The van der Waals surface area contributed by atoms with Gasteiger partial charge in [-0.15, -0.1) is 30.6 Å². The molecule has 21 nitrogen and oxygen atoms in total. The summed E-state index contributed by atoms with van der Waals surface area (Å²) in [7, 11) is 0. The van der Waals surface area contributed by atoms with Crippen LogP contribution in [0.1, 0.15) is 157 Å². The van der Waals surface area contributed by atoms with Crippen molar-refractivity contribution in [2.45, 2.75) is 157 Å². The van der Waals surface area contributed by atoms with Gasteiger partial charge in [-0.1, -0.05) is 153 Å². The first-order valence-electron chi connectivity index (χ1n) is 30.0. The molecule has 0 aliphatic heterocycles. The zero-order chi connectivity index (χ0) is 58.0. The van der Waals surface area contributed by atoms with Gasteiger partial charge in [0.1, 0.15) is 33.9 Å². The van der Waals surface area contributed by atoms with Gasteiger partial charge in [0.15, 0.2) is 34.5 Å². The number of ether oxygens (including phenoxy) is 6.